The first-order valence-corrected chi connectivity index (χ1v) is 5.69. The van der Waals surface area contributed by atoms with Crippen molar-refractivity contribution in [1.29, 1.82) is 0 Å². The average molecular weight is 185 g/mol. The molecule has 2 aliphatic rings. The van der Waals surface area contributed by atoms with Crippen molar-refractivity contribution in [3.8, 4) is 0 Å². The predicted molar refractivity (Wildman–Crippen MR) is 54.0 cm³/mol. The molecule has 0 spiro atoms. The van der Waals surface area contributed by atoms with Gasteiger partial charge in [0.1, 0.15) is 0 Å². The third-order valence-corrected chi connectivity index (χ3v) is 3.31. The first-order valence-electron chi connectivity index (χ1n) is 4.53. The highest BCUT2D eigenvalue weighted by Gasteiger charge is 2.16. The smallest absolute Gasteiger partial charge is 0.0980 e. The van der Waals surface area contributed by atoms with Crippen molar-refractivity contribution in [3.63, 3.8) is 0 Å². The molecule has 0 aliphatic carbocycles. The highest BCUT2D eigenvalue weighted by molar-refractivity contribution is 7.99. The summed E-state index contributed by atoms with van der Waals surface area (Å²) in [6.07, 6.45) is 1.09. The summed E-state index contributed by atoms with van der Waals surface area (Å²) in [4.78, 5) is 4.39. The van der Waals surface area contributed by atoms with Gasteiger partial charge in [0.25, 0.3) is 0 Å². The zero-order chi connectivity index (χ0) is 8.23. The fraction of sp³-hybridized carbons (Fsp3) is 0.875. The van der Waals surface area contributed by atoms with Crippen LogP contribution in [-0.2, 0) is 0 Å². The molecule has 0 aromatic rings. The van der Waals surface area contributed by atoms with Crippen LogP contribution >= 0.6 is 11.8 Å². The SMILES string of the molecule is C1CNC(CC2CSCCN2)=N1. The summed E-state index contributed by atoms with van der Waals surface area (Å²) >= 11 is 2.04. The van der Waals surface area contributed by atoms with Gasteiger partial charge in [0.2, 0.25) is 0 Å². The molecule has 2 N–H and O–H groups in total. The van der Waals surface area contributed by atoms with Crippen molar-refractivity contribution >= 4 is 17.6 Å². The Bertz CT molecular complexity index is 175. The highest BCUT2D eigenvalue weighted by atomic mass is 32.2. The summed E-state index contributed by atoms with van der Waals surface area (Å²) in [5, 5.41) is 6.81. The van der Waals surface area contributed by atoms with Crippen molar-refractivity contribution in [2.24, 2.45) is 4.99 Å². The fourth-order valence-corrected chi connectivity index (χ4v) is 2.52. The van der Waals surface area contributed by atoms with Gasteiger partial charge in [0.15, 0.2) is 0 Å². The minimum atomic E-state index is 0.646. The van der Waals surface area contributed by atoms with Crippen LogP contribution in [-0.4, -0.2) is 43.0 Å². The van der Waals surface area contributed by atoms with Crippen LogP contribution in [0.25, 0.3) is 0 Å². The van der Waals surface area contributed by atoms with Crippen molar-refractivity contribution in [2.45, 2.75) is 12.5 Å². The number of nitrogens with one attached hydrogen (secondary N) is 2. The van der Waals surface area contributed by atoms with Crippen LogP contribution in [0.2, 0.25) is 0 Å². The van der Waals surface area contributed by atoms with Gasteiger partial charge in [-0.25, -0.2) is 0 Å². The third kappa shape index (κ3) is 2.14. The molecule has 0 aromatic carbocycles. The van der Waals surface area contributed by atoms with E-state index in [-0.39, 0.29) is 0 Å². The maximum atomic E-state index is 4.39. The topological polar surface area (TPSA) is 36.4 Å². The van der Waals surface area contributed by atoms with Crippen LogP contribution in [0.1, 0.15) is 6.42 Å². The van der Waals surface area contributed by atoms with Gasteiger partial charge in [-0.05, 0) is 0 Å². The summed E-state index contributed by atoms with van der Waals surface area (Å²) in [6.45, 7) is 3.16. The zero-order valence-electron chi connectivity index (χ0n) is 7.18. The van der Waals surface area contributed by atoms with E-state index in [9.17, 15) is 0 Å². The molecule has 0 radical (unpaired) electrons. The van der Waals surface area contributed by atoms with Crippen molar-refractivity contribution < 1.29 is 0 Å². The molecule has 2 rings (SSSR count). The van der Waals surface area contributed by atoms with E-state index < -0.39 is 0 Å². The molecular formula is C8H15N3S. The summed E-state index contributed by atoms with van der Waals surface area (Å²) < 4.78 is 0. The van der Waals surface area contributed by atoms with Crippen LogP contribution in [0.3, 0.4) is 0 Å². The van der Waals surface area contributed by atoms with E-state index >= 15 is 0 Å². The lowest BCUT2D eigenvalue weighted by molar-refractivity contribution is 0.579. The molecule has 0 saturated carbocycles. The number of nitrogens with zero attached hydrogens (tertiary/aromatic N) is 1. The first kappa shape index (κ1) is 8.38. The Balaban J connectivity index is 1.77. The van der Waals surface area contributed by atoms with Gasteiger partial charge < -0.3 is 10.6 Å². The summed E-state index contributed by atoms with van der Waals surface area (Å²) in [7, 11) is 0. The van der Waals surface area contributed by atoms with E-state index in [0.29, 0.717) is 6.04 Å². The van der Waals surface area contributed by atoms with Crippen molar-refractivity contribution in [2.75, 3.05) is 31.1 Å². The van der Waals surface area contributed by atoms with Crippen LogP contribution in [0.5, 0.6) is 0 Å². The molecule has 1 unspecified atom stereocenters. The van der Waals surface area contributed by atoms with E-state index in [0.717, 1.165) is 26.1 Å². The first-order chi connectivity index (χ1) is 5.95. The lowest BCUT2D eigenvalue weighted by Crippen LogP contribution is -2.40. The Kier molecular flexibility index (Phi) is 2.89. The number of amidine groups is 1. The van der Waals surface area contributed by atoms with Gasteiger partial charge in [-0.15, -0.1) is 0 Å². The van der Waals surface area contributed by atoms with Crippen LogP contribution in [0.15, 0.2) is 4.99 Å². The number of hydrogen-bond acceptors (Lipinski definition) is 4. The number of aliphatic imine (C=N–C) groups is 1. The van der Waals surface area contributed by atoms with E-state index in [2.05, 4.69) is 15.6 Å². The molecular weight excluding hydrogens is 170 g/mol. The number of rotatable bonds is 2. The molecule has 0 amide bonds. The normalized spacial score (nSPS) is 29.7. The minimum absolute atomic E-state index is 0.646. The van der Waals surface area contributed by atoms with Gasteiger partial charge in [0, 0.05) is 37.1 Å². The quantitative estimate of drug-likeness (QED) is 0.640. The van der Waals surface area contributed by atoms with Crippen molar-refractivity contribution in [3.05, 3.63) is 0 Å². The predicted octanol–water partition coefficient (Wildman–Crippen LogP) is 0.0832. The van der Waals surface area contributed by atoms with Gasteiger partial charge in [-0.3, -0.25) is 4.99 Å². The van der Waals surface area contributed by atoms with E-state index in [1.807, 2.05) is 11.8 Å². The second-order valence-electron chi connectivity index (χ2n) is 3.19. The second-order valence-corrected chi connectivity index (χ2v) is 4.34. The van der Waals surface area contributed by atoms with Gasteiger partial charge in [-0.1, -0.05) is 0 Å². The maximum absolute atomic E-state index is 4.39. The minimum Gasteiger partial charge on any atom is -0.372 e. The Morgan fingerprint density at radius 3 is 3.17 bits per heavy atom. The lowest BCUT2D eigenvalue weighted by atomic mass is 10.2. The molecule has 3 nitrogen and oxygen atoms in total. The molecule has 2 aliphatic heterocycles. The number of thioether (sulfide) groups is 1. The van der Waals surface area contributed by atoms with Crippen molar-refractivity contribution in [1.82, 2.24) is 10.6 Å². The molecule has 1 fully saturated rings. The maximum Gasteiger partial charge on any atom is 0.0980 e. The molecule has 2 heterocycles. The zero-order valence-corrected chi connectivity index (χ0v) is 7.99. The Morgan fingerprint density at radius 2 is 2.50 bits per heavy atom. The van der Waals surface area contributed by atoms with Gasteiger partial charge >= 0.3 is 0 Å². The largest absolute Gasteiger partial charge is 0.372 e. The van der Waals surface area contributed by atoms with Gasteiger partial charge in [-0.2, -0.15) is 11.8 Å². The van der Waals surface area contributed by atoms with Gasteiger partial charge in [0.05, 0.1) is 12.4 Å². The molecule has 1 atom stereocenters. The standard InChI is InChI=1S/C8H15N3S/c1-2-11-8(10-1)5-7-6-12-4-3-9-7/h7,9H,1-6H2,(H,10,11). The molecule has 4 heteroatoms. The average Bonchev–Trinajstić information content (AvgIpc) is 2.59. The molecule has 68 valence electrons. The molecule has 12 heavy (non-hydrogen) atoms. The second kappa shape index (κ2) is 4.14. The molecule has 0 aromatic heterocycles. The third-order valence-electron chi connectivity index (χ3n) is 2.18. The monoisotopic (exact) mass is 185 g/mol. The van der Waals surface area contributed by atoms with Crippen LogP contribution < -0.4 is 10.6 Å². The Hall–Kier alpha value is -0.220. The fourth-order valence-electron chi connectivity index (χ4n) is 1.57. The Morgan fingerprint density at radius 1 is 1.50 bits per heavy atom. The summed E-state index contributed by atoms with van der Waals surface area (Å²) in [6, 6.07) is 0.646. The lowest BCUT2D eigenvalue weighted by Gasteiger charge is -2.22. The molecule has 0 bridgehead atoms. The molecule has 1 saturated heterocycles. The van der Waals surface area contributed by atoms with Crippen LogP contribution in [0.4, 0.5) is 0 Å². The van der Waals surface area contributed by atoms with E-state index in [4.69, 9.17) is 0 Å². The highest BCUT2D eigenvalue weighted by Crippen LogP contribution is 2.10. The Labute approximate surface area is 77.4 Å². The summed E-state index contributed by atoms with van der Waals surface area (Å²) in [5.74, 6) is 3.70. The van der Waals surface area contributed by atoms with E-state index in [1.165, 1.54) is 17.3 Å². The number of hydrogen-bond donors (Lipinski definition) is 2. The van der Waals surface area contributed by atoms with Crippen LogP contribution in [0, 0.1) is 0 Å². The van der Waals surface area contributed by atoms with E-state index in [1.54, 1.807) is 0 Å². The summed E-state index contributed by atoms with van der Waals surface area (Å²) in [5.41, 5.74) is 0.